The number of hydrogen-bond donors (Lipinski definition) is 1. The van der Waals surface area contributed by atoms with Crippen LogP contribution in [0.4, 0.5) is 0 Å². The first-order valence-corrected chi connectivity index (χ1v) is 8.11. The third-order valence-electron chi connectivity index (χ3n) is 4.27. The van der Waals surface area contributed by atoms with Gasteiger partial charge in [-0.25, -0.2) is 0 Å². The Morgan fingerprint density at radius 3 is 2.76 bits per heavy atom. The van der Waals surface area contributed by atoms with Crippen molar-refractivity contribution in [1.82, 2.24) is 5.16 Å². The molecular formula is C18H21NO6. The molecule has 2 atom stereocenters. The lowest BCUT2D eigenvalue weighted by molar-refractivity contribution is -0.152. The van der Waals surface area contributed by atoms with Crippen LogP contribution in [-0.4, -0.2) is 42.7 Å². The predicted molar refractivity (Wildman–Crippen MR) is 88.0 cm³/mol. The van der Waals surface area contributed by atoms with E-state index in [1.165, 1.54) is 7.11 Å². The van der Waals surface area contributed by atoms with Crippen molar-refractivity contribution in [2.24, 2.45) is 5.92 Å². The Kier molecular flexibility index (Phi) is 5.35. The highest BCUT2D eigenvalue weighted by molar-refractivity contribution is 5.72. The fourth-order valence-corrected chi connectivity index (χ4v) is 2.89. The van der Waals surface area contributed by atoms with Crippen LogP contribution in [0.5, 0.6) is 5.75 Å². The number of benzene rings is 1. The van der Waals surface area contributed by atoms with Crippen molar-refractivity contribution < 1.29 is 28.6 Å². The zero-order valence-corrected chi connectivity index (χ0v) is 14.2. The minimum Gasteiger partial charge on any atom is -0.488 e. The topological polar surface area (TPSA) is 91.0 Å². The fourth-order valence-electron chi connectivity index (χ4n) is 2.89. The van der Waals surface area contributed by atoms with Crippen LogP contribution >= 0.6 is 0 Å². The summed E-state index contributed by atoms with van der Waals surface area (Å²) in [6, 6.07) is 7.32. The Morgan fingerprint density at radius 1 is 1.32 bits per heavy atom. The number of esters is 1. The molecule has 1 aromatic heterocycles. The molecule has 0 radical (unpaired) electrons. The average Bonchev–Trinajstić information content (AvgIpc) is 3.02. The molecule has 0 bridgehead atoms. The average molecular weight is 347 g/mol. The molecule has 1 fully saturated rings. The van der Waals surface area contributed by atoms with Gasteiger partial charge in [-0.1, -0.05) is 5.16 Å². The number of aliphatic hydroxyl groups excluding tert-OH is 1. The van der Waals surface area contributed by atoms with Gasteiger partial charge in [0, 0.05) is 17.5 Å². The van der Waals surface area contributed by atoms with Crippen LogP contribution in [0.25, 0.3) is 11.3 Å². The molecule has 7 heteroatoms. The van der Waals surface area contributed by atoms with E-state index in [-0.39, 0.29) is 24.6 Å². The van der Waals surface area contributed by atoms with E-state index in [1.54, 1.807) is 6.92 Å². The molecule has 0 unspecified atom stereocenters. The monoisotopic (exact) mass is 347 g/mol. The molecule has 1 aliphatic rings. The number of rotatable bonds is 5. The molecule has 3 rings (SSSR count). The summed E-state index contributed by atoms with van der Waals surface area (Å²) in [5.41, 5.74) is 2.16. The summed E-state index contributed by atoms with van der Waals surface area (Å²) in [4.78, 5) is 11.6. The molecule has 25 heavy (non-hydrogen) atoms. The van der Waals surface area contributed by atoms with Gasteiger partial charge in [-0.3, -0.25) is 4.79 Å². The lowest BCUT2D eigenvalue weighted by Crippen LogP contribution is -2.37. The van der Waals surface area contributed by atoms with E-state index in [0.29, 0.717) is 42.4 Å². The molecule has 2 heterocycles. The summed E-state index contributed by atoms with van der Waals surface area (Å²) in [6.07, 6.45) is 0.355. The number of aryl methyl sites for hydroxylation is 1. The fraction of sp³-hybridized carbons (Fsp3) is 0.444. The SMILES string of the molecule is COC(=O)[C@H]1COC[C@H](Oc2ccc(-c3onc(C)c3CO)cc2)C1. The van der Waals surface area contributed by atoms with Crippen LogP contribution < -0.4 is 4.74 Å². The van der Waals surface area contributed by atoms with Gasteiger partial charge in [0.15, 0.2) is 5.76 Å². The molecule has 1 aliphatic heterocycles. The normalized spacial score (nSPS) is 20.3. The van der Waals surface area contributed by atoms with Gasteiger partial charge >= 0.3 is 5.97 Å². The van der Waals surface area contributed by atoms with Gasteiger partial charge in [0.25, 0.3) is 0 Å². The van der Waals surface area contributed by atoms with E-state index in [9.17, 15) is 9.90 Å². The first kappa shape index (κ1) is 17.4. The lowest BCUT2D eigenvalue weighted by Gasteiger charge is -2.28. The number of ether oxygens (including phenoxy) is 3. The summed E-state index contributed by atoms with van der Waals surface area (Å²) in [5.74, 6) is 0.649. The molecule has 0 amide bonds. The number of carbonyl (C=O) groups is 1. The first-order valence-electron chi connectivity index (χ1n) is 8.11. The Balaban J connectivity index is 1.67. The zero-order chi connectivity index (χ0) is 17.8. The smallest absolute Gasteiger partial charge is 0.311 e. The molecule has 0 saturated carbocycles. The number of carbonyl (C=O) groups excluding carboxylic acids is 1. The van der Waals surface area contributed by atoms with Gasteiger partial charge in [0.2, 0.25) is 0 Å². The lowest BCUT2D eigenvalue weighted by atomic mass is 10.0. The van der Waals surface area contributed by atoms with Gasteiger partial charge in [0.05, 0.1) is 38.5 Å². The molecular weight excluding hydrogens is 326 g/mol. The third-order valence-corrected chi connectivity index (χ3v) is 4.27. The van der Waals surface area contributed by atoms with E-state index in [4.69, 9.17) is 18.7 Å². The van der Waals surface area contributed by atoms with Crippen LogP contribution in [0.3, 0.4) is 0 Å². The summed E-state index contributed by atoms with van der Waals surface area (Å²) >= 11 is 0. The van der Waals surface area contributed by atoms with E-state index < -0.39 is 0 Å². The molecule has 0 spiro atoms. The predicted octanol–water partition coefficient (Wildman–Crippen LogP) is 2.10. The summed E-state index contributed by atoms with van der Waals surface area (Å²) < 4.78 is 21.4. The Hall–Kier alpha value is -2.38. The van der Waals surface area contributed by atoms with E-state index in [2.05, 4.69) is 5.16 Å². The van der Waals surface area contributed by atoms with E-state index in [1.807, 2.05) is 24.3 Å². The summed E-state index contributed by atoms with van der Waals surface area (Å²) in [6.45, 7) is 2.46. The highest BCUT2D eigenvalue weighted by atomic mass is 16.5. The van der Waals surface area contributed by atoms with Gasteiger partial charge in [-0.05, 0) is 31.2 Å². The molecule has 134 valence electrons. The maximum Gasteiger partial charge on any atom is 0.311 e. The Morgan fingerprint density at radius 2 is 2.08 bits per heavy atom. The number of methoxy groups -OCH3 is 1. The number of aromatic nitrogens is 1. The number of nitrogens with zero attached hydrogens (tertiary/aromatic N) is 1. The van der Waals surface area contributed by atoms with Crippen molar-refractivity contribution in [2.75, 3.05) is 20.3 Å². The highest BCUT2D eigenvalue weighted by Gasteiger charge is 2.30. The van der Waals surface area contributed by atoms with Gasteiger partial charge in [-0.2, -0.15) is 0 Å². The van der Waals surface area contributed by atoms with Crippen molar-refractivity contribution in [3.05, 3.63) is 35.5 Å². The van der Waals surface area contributed by atoms with Crippen LogP contribution in [-0.2, 0) is 20.9 Å². The number of hydrogen-bond acceptors (Lipinski definition) is 7. The van der Waals surface area contributed by atoms with Crippen LogP contribution in [0.15, 0.2) is 28.8 Å². The van der Waals surface area contributed by atoms with Crippen LogP contribution in [0.1, 0.15) is 17.7 Å². The van der Waals surface area contributed by atoms with Gasteiger partial charge in [0.1, 0.15) is 11.9 Å². The van der Waals surface area contributed by atoms with Crippen LogP contribution in [0, 0.1) is 12.8 Å². The van der Waals surface area contributed by atoms with Crippen molar-refractivity contribution in [2.45, 2.75) is 26.1 Å². The molecule has 7 nitrogen and oxygen atoms in total. The molecule has 1 aromatic carbocycles. The maximum atomic E-state index is 11.6. The van der Waals surface area contributed by atoms with Crippen molar-refractivity contribution >= 4 is 5.97 Å². The largest absolute Gasteiger partial charge is 0.488 e. The van der Waals surface area contributed by atoms with Crippen molar-refractivity contribution in [3.63, 3.8) is 0 Å². The molecule has 1 N–H and O–H groups in total. The second-order valence-electron chi connectivity index (χ2n) is 5.99. The third kappa shape index (κ3) is 3.83. The minimum atomic E-state index is -0.299. The Bertz CT molecular complexity index is 724. The second kappa shape index (κ2) is 7.67. The van der Waals surface area contributed by atoms with Crippen molar-refractivity contribution in [1.29, 1.82) is 0 Å². The first-order chi connectivity index (χ1) is 12.1. The van der Waals surface area contributed by atoms with Crippen LogP contribution in [0.2, 0.25) is 0 Å². The van der Waals surface area contributed by atoms with E-state index >= 15 is 0 Å². The second-order valence-corrected chi connectivity index (χ2v) is 5.99. The quantitative estimate of drug-likeness (QED) is 0.828. The van der Waals surface area contributed by atoms with Gasteiger partial charge < -0.3 is 23.8 Å². The standard InChI is InChI=1S/C18H21NO6/c1-11-16(8-20)17(25-19-11)12-3-5-14(6-4-12)24-15-7-13(9-23-10-15)18(21)22-2/h3-6,13,15,20H,7-10H2,1-2H3/t13-,15-/m1/s1. The van der Waals surface area contributed by atoms with Crippen molar-refractivity contribution in [3.8, 4) is 17.1 Å². The Labute approximate surface area is 145 Å². The molecule has 1 saturated heterocycles. The van der Waals surface area contributed by atoms with Gasteiger partial charge in [-0.15, -0.1) is 0 Å². The summed E-state index contributed by atoms with van der Waals surface area (Å²) in [5, 5.41) is 13.3. The zero-order valence-electron chi connectivity index (χ0n) is 14.2. The number of aliphatic hydroxyl groups is 1. The van der Waals surface area contributed by atoms with E-state index in [0.717, 1.165) is 5.56 Å². The highest BCUT2D eigenvalue weighted by Crippen LogP contribution is 2.29. The molecule has 0 aliphatic carbocycles. The summed E-state index contributed by atoms with van der Waals surface area (Å²) in [7, 11) is 1.37. The molecule has 2 aromatic rings. The maximum absolute atomic E-state index is 11.6. The minimum absolute atomic E-state index is 0.128.